The van der Waals surface area contributed by atoms with E-state index in [2.05, 4.69) is 26.0 Å². The lowest BCUT2D eigenvalue weighted by Gasteiger charge is -2.38. The second-order valence-corrected chi connectivity index (χ2v) is 5.09. The number of aliphatic hydroxyl groups is 1. The van der Waals surface area contributed by atoms with E-state index in [9.17, 15) is 5.11 Å². The van der Waals surface area contributed by atoms with Crippen LogP contribution in [0.2, 0.25) is 0 Å². The molecule has 0 fully saturated rings. The first-order valence-electron chi connectivity index (χ1n) is 5.32. The Kier molecular flexibility index (Phi) is 3.18. The molecule has 13 heavy (non-hydrogen) atoms. The Hall–Kier alpha value is -0.300. The largest absolute Gasteiger partial charge is 0.390 e. The Morgan fingerprint density at radius 2 is 2.00 bits per heavy atom. The van der Waals surface area contributed by atoms with Gasteiger partial charge in [0.2, 0.25) is 0 Å². The molecule has 0 amide bonds. The summed E-state index contributed by atoms with van der Waals surface area (Å²) in [5.74, 6) is 1.61. The van der Waals surface area contributed by atoms with E-state index in [0.29, 0.717) is 17.8 Å². The molecule has 0 aromatic heterocycles. The number of rotatable bonds is 2. The highest BCUT2D eigenvalue weighted by Gasteiger charge is 2.34. The molecule has 1 rings (SSSR count). The molecule has 1 aliphatic rings. The third-order valence-electron chi connectivity index (χ3n) is 3.14. The van der Waals surface area contributed by atoms with Gasteiger partial charge in [0, 0.05) is 0 Å². The first-order valence-corrected chi connectivity index (χ1v) is 5.32. The van der Waals surface area contributed by atoms with Gasteiger partial charge in [-0.25, -0.2) is 0 Å². The molecule has 0 bridgehead atoms. The zero-order valence-electron chi connectivity index (χ0n) is 9.25. The fraction of sp³-hybridized carbons (Fsp3) is 0.833. The molecular weight excluding hydrogens is 160 g/mol. The molecule has 2 atom stereocenters. The zero-order valence-corrected chi connectivity index (χ0v) is 9.25. The van der Waals surface area contributed by atoms with Gasteiger partial charge in [0.15, 0.2) is 0 Å². The van der Waals surface area contributed by atoms with Crippen molar-refractivity contribution in [2.75, 3.05) is 0 Å². The molecule has 0 aliphatic heterocycles. The Morgan fingerprint density at radius 3 is 2.38 bits per heavy atom. The minimum absolute atomic E-state index is 0.428. The third kappa shape index (κ3) is 2.57. The Labute approximate surface area is 81.9 Å². The number of hydrogen-bond acceptors (Lipinski definition) is 1. The van der Waals surface area contributed by atoms with Crippen LogP contribution in [0, 0.1) is 17.8 Å². The summed E-state index contributed by atoms with van der Waals surface area (Å²) in [4.78, 5) is 0. The van der Waals surface area contributed by atoms with Crippen LogP contribution in [-0.2, 0) is 0 Å². The molecule has 1 aliphatic carbocycles. The molecule has 0 aromatic carbocycles. The maximum Gasteiger partial charge on any atom is 0.0625 e. The van der Waals surface area contributed by atoms with E-state index in [4.69, 9.17) is 0 Å². The van der Waals surface area contributed by atoms with Crippen molar-refractivity contribution in [2.45, 2.75) is 46.1 Å². The molecule has 0 spiro atoms. The maximum absolute atomic E-state index is 10.0. The maximum atomic E-state index is 10.0. The summed E-state index contributed by atoms with van der Waals surface area (Å²) in [7, 11) is 0. The number of allylic oxidation sites excluding steroid dienone is 2. The summed E-state index contributed by atoms with van der Waals surface area (Å²) < 4.78 is 0. The van der Waals surface area contributed by atoms with Crippen molar-refractivity contribution in [3.63, 3.8) is 0 Å². The second kappa shape index (κ2) is 3.83. The van der Waals surface area contributed by atoms with Crippen molar-refractivity contribution in [1.82, 2.24) is 0 Å². The summed E-state index contributed by atoms with van der Waals surface area (Å²) in [6, 6.07) is 0. The van der Waals surface area contributed by atoms with Crippen LogP contribution in [0.4, 0.5) is 0 Å². The summed E-state index contributed by atoms with van der Waals surface area (Å²) >= 11 is 0. The van der Waals surface area contributed by atoms with E-state index in [1.165, 1.54) is 0 Å². The topological polar surface area (TPSA) is 20.2 Å². The fourth-order valence-corrected chi connectivity index (χ4v) is 2.37. The van der Waals surface area contributed by atoms with Crippen LogP contribution in [0.5, 0.6) is 0 Å². The number of hydrogen-bond donors (Lipinski definition) is 1. The SMILES string of the molecule is CC(C)C1C=CCCC1C(C)(C)O. The van der Waals surface area contributed by atoms with Gasteiger partial charge in [-0.15, -0.1) is 0 Å². The van der Waals surface area contributed by atoms with E-state index in [-0.39, 0.29) is 0 Å². The van der Waals surface area contributed by atoms with Gasteiger partial charge in [0.1, 0.15) is 0 Å². The molecule has 0 aromatic rings. The minimum Gasteiger partial charge on any atom is -0.390 e. The normalized spacial score (nSPS) is 29.7. The lowest BCUT2D eigenvalue weighted by atomic mass is 9.70. The van der Waals surface area contributed by atoms with Crippen molar-refractivity contribution in [3.05, 3.63) is 12.2 Å². The standard InChI is InChI=1S/C12H22O/c1-9(2)10-7-5-6-8-11(10)12(3,4)13/h5,7,9-11,13H,6,8H2,1-4H3. The smallest absolute Gasteiger partial charge is 0.0625 e. The zero-order chi connectivity index (χ0) is 10.1. The van der Waals surface area contributed by atoms with Crippen LogP contribution >= 0.6 is 0 Å². The van der Waals surface area contributed by atoms with Gasteiger partial charge in [-0.2, -0.15) is 0 Å². The summed E-state index contributed by atoms with van der Waals surface area (Å²) in [6.45, 7) is 8.34. The van der Waals surface area contributed by atoms with Gasteiger partial charge in [0.05, 0.1) is 5.60 Å². The van der Waals surface area contributed by atoms with E-state index in [1.807, 2.05) is 13.8 Å². The quantitative estimate of drug-likeness (QED) is 0.651. The first-order chi connectivity index (χ1) is 5.93. The van der Waals surface area contributed by atoms with Crippen LogP contribution in [0.25, 0.3) is 0 Å². The summed E-state index contributed by atoms with van der Waals surface area (Å²) in [5.41, 5.74) is -0.528. The van der Waals surface area contributed by atoms with Gasteiger partial charge in [-0.1, -0.05) is 26.0 Å². The van der Waals surface area contributed by atoms with E-state index in [0.717, 1.165) is 12.8 Å². The summed E-state index contributed by atoms with van der Waals surface area (Å²) in [5, 5.41) is 10.0. The van der Waals surface area contributed by atoms with Crippen molar-refractivity contribution in [2.24, 2.45) is 17.8 Å². The Morgan fingerprint density at radius 1 is 1.38 bits per heavy atom. The Bertz CT molecular complexity index is 186. The molecule has 2 unspecified atom stereocenters. The van der Waals surface area contributed by atoms with Gasteiger partial charge >= 0.3 is 0 Å². The molecule has 0 heterocycles. The minimum atomic E-state index is -0.528. The molecular formula is C12H22O. The third-order valence-corrected chi connectivity index (χ3v) is 3.14. The predicted molar refractivity (Wildman–Crippen MR) is 56.5 cm³/mol. The van der Waals surface area contributed by atoms with Crippen molar-refractivity contribution >= 4 is 0 Å². The fourth-order valence-electron chi connectivity index (χ4n) is 2.37. The lowest BCUT2D eigenvalue weighted by Crippen LogP contribution is -2.38. The molecule has 0 saturated heterocycles. The predicted octanol–water partition coefficient (Wildman–Crippen LogP) is 3.00. The van der Waals surface area contributed by atoms with Crippen LogP contribution < -0.4 is 0 Å². The van der Waals surface area contributed by atoms with Crippen LogP contribution in [0.3, 0.4) is 0 Å². The van der Waals surface area contributed by atoms with Gasteiger partial charge < -0.3 is 5.11 Å². The van der Waals surface area contributed by atoms with E-state index < -0.39 is 5.60 Å². The van der Waals surface area contributed by atoms with Crippen LogP contribution in [-0.4, -0.2) is 10.7 Å². The monoisotopic (exact) mass is 182 g/mol. The average molecular weight is 182 g/mol. The molecule has 1 heteroatoms. The van der Waals surface area contributed by atoms with Crippen molar-refractivity contribution < 1.29 is 5.11 Å². The van der Waals surface area contributed by atoms with Crippen molar-refractivity contribution in [1.29, 1.82) is 0 Å². The van der Waals surface area contributed by atoms with Crippen molar-refractivity contribution in [3.8, 4) is 0 Å². The van der Waals surface area contributed by atoms with Gasteiger partial charge in [0.25, 0.3) is 0 Å². The second-order valence-electron chi connectivity index (χ2n) is 5.09. The van der Waals surface area contributed by atoms with Crippen LogP contribution in [0.1, 0.15) is 40.5 Å². The molecule has 76 valence electrons. The Balaban J connectivity index is 2.77. The van der Waals surface area contributed by atoms with Gasteiger partial charge in [-0.3, -0.25) is 0 Å². The molecule has 0 saturated carbocycles. The molecule has 1 nitrogen and oxygen atoms in total. The van der Waals surface area contributed by atoms with E-state index >= 15 is 0 Å². The van der Waals surface area contributed by atoms with E-state index in [1.54, 1.807) is 0 Å². The van der Waals surface area contributed by atoms with Gasteiger partial charge in [-0.05, 0) is 44.4 Å². The highest BCUT2D eigenvalue weighted by molar-refractivity contribution is 5.02. The van der Waals surface area contributed by atoms with Crippen LogP contribution in [0.15, 0.2) is 12.2 Å². The molecule has 0 radical (unpaired) electrons. The molecule has 1 N–H and O–H groups in total. The highest BCUT2D eigenvalue weighted by Crippen LogP contribution is 2.37. The average Bonchev–Trinajstić information content (AvgIpc) is 2.03. The lowest BCUT2D eigenvalue weighted by molar-refractivity contribution is -0.0160. The first kappa shape index (κ1) is 10.8. The summed E-state index contributed by atoms with van der Waals surface area (Å²) in [6.07, 6.45) is 6.80. The highest BCUT2D eigenvalue weighted by atomic mass is 16.3.